The van der Waals surface area contributed by atoms with Crippen LogP contribution in [-0.4, -0.2) is 55.8 Å². The molecule has 0 saturated carbocycles. The SMILES string of the molecule is CCCc1cc(N2CCC(CN3CCOCC3)CC2)c2ccccc2n1. The first-order chi connectivity index (χ1) is 12.8. The summed E-state index contributed by atoms with van der Waals surface area (Å²) in [5.74, 6) is 0.826. The standard InChI is InChI=1S/C22H31N3O/c1-2-5-19-16-22(20-6-3-4-7-21(20)23-19)25-10-8-18(9-11-25)17-24-12-14-26-15-13-24/h3-4,6-7,16,18H,2,5,8-15,17H2,1H3. The van der Waals surface area contributed by atoms with Gasteiger partial charge in [0, 0.05) is 49.5 Å². The summed E-state index contributed by atoms with van der Waals surface area (Å²) in [7, 11) is 0. The summed E-state index contributed by atoms with van der Waals surface area (Å²) in [6.07, 6.45) is 4.78. The minimum Gasteiger partial charge on any atom is -0.379 e. The quantitative estimate of drug-likeness (QED) is 0.819. The van der Waals surface area contributed by atoms with Crippen LogP contribution in [0.3, 0.4) is 0 Å². The lowest BCUT2D eigenvalue weighted by atomic mass is 9.95. The van der Waals surface area contributed by atoms with E-state index >= 15 is 0 Å². The zero-order chi connectivity index (χ0) is 17.8. The Bertz CT molecular complexity index is 718. The van der Waals surface area contributed by atoms with Crippen LogP contribution < -0.4 is 4.90 Å². The minimum absolute atomic E-state index is 0.826. The number of piperidine rings is 1. The molecule has 2 aliphatic rings. The van der Waals surface area contributed by atoms with E-state index in [1.54, 1.807) is 0 Å². The van der Waals surface area contributed by atoms with Crippen molar-refractivity contribution in [2.45, 2.75) is 32.6 Å². The van der Waals surface area contributed by atoms with Gasteiger partial charge in [0.05, 0.1) is 18.7 Å². The Hall–Kier alpha value is -1.65. The summed E-state index contributed by atoms with van der Waals surface area (Å²) in [5, 5.41) is 1.30. The van der Waals surface area contributed by atoms with E-state index in [0.29, 0.717) is 0 Å². The van der Waals surface area contributed by atoms with Crippen LogP contribution in [0.2, 0.25) is 0 Å². The molecule has 2 fully saturated rings. The second kappa shape index (κ2) is 8.36. The fraction of sp³-hybridized carbons (Fsp3) is 0.591. The van der Waals surface area contributed by atoms with Gasteiger partial charge in [0.2, 0.25) is 0 Å². The van der Waals surface area contributed by atoms with Crippen molar-refractivity contribution in [3.8, 4) is 0 Å². The number of nitrogens with zero attached hydrogens (tertiary/aromatic N) is 3. The number of anilines is 1. The molecule has 3 heterocycles. The number of morpholine rings is 1. The van der Waals surface area contributed by atoms with E-state index in [2.05, 4.69) is 47.1 Å². The predicted octanol–water partition coefficient (Wildman–Crippen LogP) is 3.74. The van der Waals surface area contributed by atoms with E-state index in [4.69, 9.17) is 9.72 Å². The monoisotopic (exact) mass is 353 g/mol. The third-order valence-corrected chi connectivity index (χ3v) is 5.83. The molecule has 2 saturated heterocycles. The number of hydrogen-bond donors (Lipinski definition) is 0. The molecule has 2 aromatic rings. The van der Waals surface area contributed by atoms with Crippen molar-refractivity contribution in [2.24, 2.45) is 5.92 Å². The second-order valence-corrected chi connectivity index (χ2v) is 7.74. The predicted molar refractivity (Wildman–Crippen MR) is 108 cm³/mol. The third-order valence-electron chi connectivity index (χ3n) is 5.83. The molecule has 0 unspecified atom stereocenters. The number of fused-ring (bicyclic) bond motifs is 1. The highest BCUT2D eigenvalue weighted by molar-refractivity contribution is 5.92. The summed E-state index contributed by atoms with van der Waals surface area (Å²) in [6, 6.07) is 11.0. The fourth-order valence-corrected chi connectivity index (χ4v) is 4.36. The van der Waals surface area contributed by atoms with Gasteiger partial charge in [-0.05, 0) is 37.3 Å². The Kier molecular flexibility index (Phi) is 5.71. The maximum Gasteiger partial charge on any atom is 0.0726 e. The zero-order valence-corrected chi connectivity index (χ0v) is 16.0. The van der Waals surface area contributed by atoms with Crippen molar-refractivity contribution in [3.05, 3.63) is 36.0 Å². The van der Waals surface area contributed by atoms with Crippen LogP contribution in [-0.2, 0) is 11.2 Å². The fourth-order valence-electron chi connectivity index (χ4n) is 4.36. The van der Waals surface area contributed by atoms with Crippen molar-refractivity contribution < 1.29 is 4.74 Å². The Balaban J connectivity index is 1.46. The number of benzene rings is 1. The van der Waals surface area contributed by atoms with Gasteiger partial charge in [-0.15, -0.1) is 0 Å². The average molecular weight is 354 g/mol. The third kappa shape index (κ3) is 4.02. The number of ether oxygens (including phenoxy) is 1. The first-order valence-electron chi connectivity index (χ1n) is 10.3. The topological polar surface area (TPSA) is 28.6 Å². The Morgan fingerprint density at radius 2 is 1.85 bits per heavy atom. The second-order valence-electron chi connectivity index (χ2n) is 7.74. The molecule has 4 heteroatoms. The zero-order valence-electron chi connectivity index (χ0n) is 16.0. The van der Waals surface area contributed by atoms with Gasteiger partial charge < -0.3 is 9.64 Å². The molecule has 140 valence electrons. The van der Waals surface area contributed by atoms with Crippen LogP contribution in [0.1, 0.15) is 31.9 Å². The molecule has 0 N–H and O–H groups in total. The number of para-hydroxylation sites is 1. The molecule has 0 aliphatic carbocycles. The summed E-state index contributed by atoms with van der Waals surface area (Å²) in [6.45, 7) is 9.82. The minimum atomic E-state index is 0.826. The van der Waals surface area contributed by atoms with Gasteiger partial charge in [-0.3, -0.25) is 9.88 Å². The van der Waals surface area contributed by atoms with Crippen LogP contribution >= 0.6 is 0 Å². The molecule has 26 heavy (non-hydrogen) atoms. The molecule has 1 aromatic heterocycles. The lowest BCUT2D eigenvalue weighted by Crippen LogP contribution is -2.43. The molecule has 4 rings (SSSR count). The molecule has 0 amide bonds. The molecule has 0 bridgehead atoms. The summed E-state index contributed by atoms with van der Waals surface area (Å²) in [5.41, 5.74) is 3.77. The van der Waals surface area contributed by atoms with Crippen LogP contribution in [0.4, 0.5) is 5.69 Å². The molecule has 0 atom stereocenters. The maximum absolute atomic E-state index is 5.48. The molecular weight excluding hydrogens is 322 g/mol. The van der Waals surface area contributed by atoms with Gasteiger partial charge in [0.15, 0.2) is 0 Å². The van der Waals surface area contributed by atoms with Crippen molar-refractivity contribution in [1.82, 2.24) is 9.88 Å². The number of aromatic nitrogens is 1. The Morgan fingerprint density at radius 1 is 1.08 bits per heavy atom. The number of pyridine rings is 1. The highest BCUT2D eigenvalue weighted by Gasteiger charge is 2.23. The Labute approximate surface area is 157 Å². The molecule has 4 nitrogen and oxygen atoms in total. The highest BCUT2D eigenvalue weighted by atomic mass is 16.5. The summed E-state index contributed by atoms with van der Waals surface area (Å²) < 4.78 is 5.48. The van der Waals surface area contributed by atoms with Crippen LogP contribution in [0.5, 0.6) is 0 Å². The van der Waals surface area contributed by atoms with Gasteiger partial charge in [-0.25, -0.2) is 0 Å². The molecule has 2 aliphatic heterocycles. The van der Waals surface area contributed by atoms with Crippen LogP contribution in [0.15, 0.2) is 30.3 Å². The first-order valence-corrected chi connectivity index (χ1v) is 10.3. The van der Waals surface area contributed by atoms with E-state index in [-0.39, 0.29) is 0 Å². The van der Waals surface area contributed by atoms with Gasteiger partial charge in [-0.1, -0.05) is 31.5 Å². The van der Waals surface area contributed by atoms with Gasteiger partial charge in [0.25, 0.3) is 0 Å². The van der Waals surface area contributed by atoms with Crippen LogP contribution in [0, 0.1) is 5.92 Å². The molecular formula is C22H31N3O. The van der Waals surface area contributed by atoms with Crippen molar-refractivity contribution in [1.29, 1.82) is 0 Å². The number of rotatable bonds is 5. The van der Waals surface area contributed by atoms with Crippen LogP contribution in [0.25, 0.3) is 10.9 Å². The smallest absolute Gasteiger partial charge is 0.0726 e. The van der Waals surface area contributed by atoms with Crippen molar-refractivity contribution >= 4 is 16.6 Å². The lowest BCUT2D eigenvalue weighted by molar-refractivity contribution is 0.0289. The van der Waals surface area contributed by atoms with Gasteiger partial charge in [-0.2, -0.15) is 0 Å². The lowest BCUT2D eigenvalue weighted by Gasteiger charge is -2.37. The van der Waals surface area contributed by atoms with E-state index in [1.807, 2.05) is 0 Å². The van der Waals surface area contributed by atoms with Gasteiger partial charge >= 0.3 is 0 Å². The van der Waals surface area contributed by atoms with E-state index in [9.17, 15) is 0 Å². The molecule has 0 radical (unpaired) electrons. The number of aryl methyl sites for hydroxylation is 1. The molecule has 1 aromatic carbocycles. The van der Waals surface area contributed by atoms with E-state index < -0.39 is 0 Å². The van der Waals surface area contributed by atoms with Gasteiger partial charge in [0.1, 0.15) is 0 Å². The highest BCUT2D eigenvalue weighted by Crippen LogP contribution is 2.31. The first kappa shape index (κ1) is 17.7. The summed E-state index contributed by atoms with van der Waals surface area (Å²) >= 11 is 0. The Morgan fingerprint density at radius 3 is 2.62 bits per heavy atom. The van der Waals surface area contributed by atoms with Crippen molar-refractivity contribution in [2.75, 3.05) is 50.8 Å². The maximum atomic E-state index is 5.48. The average Bonchev–Trinajstić information content (AvgIpc) is 2.69. The van der Waals surface area contributed by atoms with E-state index in [1.165, 1.54) is 36.2 Å². The van der Waals surface area contributed by atoms with E-state index in [0.717, 1.165) is 63.7 Å². The van der Waals surface area contributed by atoms with Crippen molar-refractivity contribution in [3.63, 3.8) is 0 Å². The molecule has 0 spiro atoms. The summed E-state index contributed by atoms with van der Waals surface area (Å²) in [4.78, 5) is 10.1. The normalized spacial score (nSPS) is 20.0. The number of hydrogen-bond acceptors (Lipinski definition) is 4. The largest absolute Gasteiger partial charge is 0.379 e.